The summed E-state index contributed by atoms with van der Waals surface area (Å²) in [6, 6.07) is 15.4. The fraction of sp³-hybridized carbons (Fsp3) is 0.360. The lowest BCUT2D eigenvalue weighted by Crippen LogP contribution is -2.40. The van der Waals surface area contributed by atoms with Crippen molar-refractivity contribution in [3.8, 4) is 11.5 Å². The predicted octanol–water partition coefficient (Wildman–Crippen LogP) is 3.99. The zero-order valence-corrected chi connectivity index (χ0v) is 17.6. The standard InChI is InChI=1S/C25H27N5O/c31-25(19-7-2-1-3-8-19)30-15-12-18(13-16-30)17-27-23-20-9-6-11-21(20)28-24(29-23)22-10-4-5-14-26-22/h1-5,7-8,10,14,18H,6,9,11-13,15-17H2,(H,27,28,29). The van der Waals surface area contributed by atoms with Crippen molar-refractivity contribution < 1.29 is 4.79 Å². The largest absolute Gasteiger partial charge is 0.369 e. The zero-order chi connectivity index (χ0) is 21.0. The van der Waals surface area contributed by atoms with E-state index in [1.807, 2.05) is 53.4 Å². The Hall–Kier alpha value is -3.28. The second-order valence-electron chi connectivity index (χ2n) is 8.37. The van der Waals surface area contributed by atoms with Crippen LogP contribution in [0.3, 0.4) is 0 Å². The SMILES string of the molecule is O=C(c1ccccc1)N1CCC(CNc2nc(-c3ccccn3)nc3c2CCC3)CC1. The van der Waals surface area contributed by atoms with Crippen molar-refractivity contribution in [1.82, 2.24) is 19.9 Å². The van der Waals surface area contributed by atoms with Crippen LogP contribution in [-0.4, -0.2) is 45.4 Å². The first-order valence-corrected chi connectivity index (χ1v) is 11.2. The molecule has 1 amide bonds. The highest BCUT2D eigenvalue weighted by molar-refractivity contribution is 5.94. The number of carbonyl (C=O) groups is 1. The normalized spacial score (nSPS) is 16.2. The summed E-state index contributed by atoms with van der Waals surface area (Å²) in [5.41, 5.74) is 4.00. The molecule has 5 rings (SSSR count). The Labute approximate surface area is 182 Å². The Morgan fingerprint density at radius 2 is 1.81 bits per heavy atom. The highest BCUT2D eigenvalue weighted by atomic mass is 16.2. The minimum Gasteiger partial charge on any atom is -0.369 e. The number of aryl methyl sites for hydroxylation is 1. The van der Waals surface area contributed by atoms with Crippen LogP contribution in [0, 0.1) is 5.92 Å². The summed E-state index contributed by atoms with van der Waals surface area (Å²) in [4.78, 5) is 28.7. The lowest BCUT2D eigenvalue weighted by Gasteiger charge is -2.32. The molecule has 1 fully saturated rings. The molecular weight excluding hydrogens is 386 g/mol. The van der Waals surface area contributed by atoms with E-state index in [0.29, 0.717) is 11.7 Å². The molecule has 0 bridgehead atoms. The molecule has 158 valence electrons. The summed E-state index contributed by atoms with van der Waals surface area (Å²) in [5, 5.41) is 3.62. The van der Waals surface area contributed by atoms with Crippen LogP contribution >= 0.6 is 0 Å². The van der Waals surface area contributed by atoms with Crippen LogP contribution in [-0.2, 0) is 12.8 Å². The fourth-order valence-corrected chi connectivity index (χ4v) is 4.53. The van der Waals surface area contributed by atoms with Gasteiger partial charge in [-0.3, -0.25) is 9.78 Å². The molecule has 31 heavy (non-hydrogen) atoms. The van der Waals surface area contributed by atoms with E-state index in [2.05, 4.69) is 10.3 Å². The van der Waals surface area contributed by atoms with Crippen molar-refractivity contribution in [2.75, 3.05) is 25.0 Å². The number of aromatic nitrogens is 3. The van der Waals surface area contributed by atoms with Crippen LogP contribution < -0.4 is 5.32 Å². The molecule has 0 spiro atoms. The van der Waals surface area contributed by atoms with Crippen LogP contribution in [0.25, 0.3) is 11.5 Å². The second kappa shape index (κ2) is 8.84. The Kier molecular flexibility index (Phi) is 5.61. The Bertz CT molecular complexity index is 1050. The van der Waals surface area contributed by atoms with Gasteiger partial charge in [-0.1, -0.05) is 24.3 Å². The Balaban J connectivity index is 1.23. The average Bonchev–Trinajstić information content (AvgIpc) is 3.32. The molecule has 0 unspecified atom stereocenters. The fourth-order valence-electron chi connectivity index (χ4n) is 4.53. The third-order valence-electron chi connectivity index (χ3n) is 6.31. The summed E-state index contributed by atoms with van der Waals surface area (Å²) in [7, 11) is 0. The summed E-state index contributed by atoms with van der Waals surface area (Å²) in [5.74, 6) is 2.34. The third-order valence-corrected chi connectivity index (χ3v) is 6.31. The van der Waals surface area contributed by atoms with Crippen LogP contribution in [0.4, 0.5) is 5.82 Å². The van der Waals surface area contributed by atoms with E-state index in [1.165, 1.54) is 5.56 Å². The van der Waals surface area contributed by atoms with E-state index >= 15 is 0 Å². The van der Waals surface area contributed by atoms with E-state index in [0.717, 1.165) is 74.5 Å². The van der Waals surface area contributed by atoms with Gasteiger partial charge in [0.1, 0.15) is 11.5 Å². The van der Waals surface area contributed by atoms with Gasteiger partial charge in [-0.15, -0.1) is 0 Å². The van der Waals surface area contributed by atoms with E-state index in [-0.39, 0.29) is 5.91 Å². The van der Waals surface area contributed by atoms with Crippen molar-refractivity contribution in [1.29, 1.82) is 0 Å². The number of pyridine rings is 1. The first kappa shape index (κ1) is 19.7. The lowest BCUT2D eigenvalue weighted by molar-refractivity contribution is 0.0695. The highest BCUT2D eigenvalue weighted by Gasteiger charge is 2.25. The van der Waals surface area contributed by atoms with Gasteiger partial charge in [-0.2, -0.15) is 0 Å². The van der Waals surface area contributed by atoms with Gasteiger partial charge in [0.15, 0.2) is 5.82 Å². The van der Waals surface area contributed by atoms with E-state index in [9.17, 15) is 4.79 Å². The number of amides is 1. The molecule has 0 atom stereocenters. The van der Waals surface area contributed by atoms with Crippen molar-refractivity contribution in [3.05, 3.63) is 71.5 Å². The van der Waals surface area contributed by atoms with Crippen molar-refractivity contribution in [3.63, 3.8) is 0 Å². The molecule has 1 saturated heterocycles. The van der Waals surface area contributed by atoms with Crippen molar-refractivity contribution in [2.24, 2.45) is 5.92 Å². The number of fused-ring (bicyclic) bond motifs is 1. The molecule has 2 aliphatic rings. The van der Waals surface area contributed by atoms with Gasteiger partial charge >= 0.3 is 0 Å². The summed E-state index contributed by atoms with van der Waals surface area (Å²) in [6.07, 6.45) is 6.96. The number of benzene rings is 1. The molecule has 3 heterocycles. The molecule has 2 aromatic heterocycles. The summed E-state index contributed by atoms with van der Waals surface area (Å²) >= 11 is 0. The van der Waals surface area contributed by atoms with Gasteiger partial charge < -0.3 is 10.2 Å². The van der Waals surface area contributed by atoms with E-state index < -0.39 is 0 Å². The predicted molar refractivity (Wildman–Crippen MR) is 121 cm³/mol. The molecule has 1 aliphatic carbocycles. The van der Waals surface area contributed by atoms with Crippen molar-refractivity contribution >= 4 is 11.7 Å². The molecule has 3 aromatic rings. The molecule has 0 radical (unpaired) electrons. The van der Waals surface area contributed by atoms with Gasteiger partial charge in [0, 0.05) is 42.7 Å². The van der Waals surface area contributed by atoms with Gasteiger partial charge in [0.05, 0.1) is 0 Å². The molecule has 6 nitrogen and oxygen atoms in total. The second-order valence-corrected chi connectivity index (χ2v) is 8.37. The molecule has 1 N–H and O–H groups in total. The smallest absolute Gasteiger partial charge is 0.253 e. The van der Waals surface area contributed by atoms with E-state index in [4.69, 9.17) is 9.97 Å². The van der Waals surface area contributed by atoms with Gasteiger partial charge in [0.25, 0.3) is 5.91 Å². The molecule has 6 heteroatoms. The lowest BCUT2D eigenvalue weighted by atomic mass is 9.96. The monoisotopic (exact) mass is 413 g/mol. The van der Waals surface area contributed by atoms with Crippen LogP contribution in [0.1, 0.15) is 40.9 Å². The average molecular weight is 414 g/mol. The van der Waals surface area contributed by atoms with Gasteiger partial charge in [-0.05, 0) is 62.3 Å². The maximum atomic E-state index is 12.7. The Morgan fingerprint density at radius 1 is 1.00 bits per heavy atom. The molecule has 1 aromatic carbocycles. The third kappa shape index (κ3) is 4.29. The first-order chi connectivity index (χ1) is 15.3. The molecule has 1 aliphatic heterocycles. The molecule has 0 saturated carbocycles. The number of carbonyl (C=O) groups excluding carboxylic acids is 1. The number of hydrogen-bond acceptors (Lipinski definition) is 5. The number of hydrogen-bond donors (Lipinski definition) is 1. The summed E-state index contributed by atoms with van der Waals surface area (Å²) < 4.78 is 0. The number of nitrogens with one attached hydrogen (secondary N) is 1. The number of nitrogens with zero attached hydrogens (tertiary/aromatic N) is 4. The Morgan fingerprint density at radius 3 is 2.58 bits per heavy atom. The van der Waals surface area contributed by atoms with Crippen molar-refractivity contribution in [2.45, 2.75) is 32.1 Å². The number of piperidine rings is 1. The van der Waals surface area contributed by atoms with Gasteiger partial charge in [-0.25, -0.2) is 9.97 Å². The van der Waals surface area contributed by atoms with Crippen LogP contribution in [0.5, 0.6) is 0 Å². The van der Waals surface area contributed by atoms with E-state index in [1.54, 1.807) is 6.20 Å². The maximum absolute atomic E-state index is 12.7. The quantitative estimate of drug-likeness (QED) is 0.685. The minimum absolute atomic E-state index is 0.139. The highest BCUT2D eigenvalue weighted by Crippen LogP contribution is 2.29. The topological polar surface area (TPSA) is 71.0 Å². The number of likely N-dealkylation sites (tertiary alicyclic amines) is 1. The minimum atomic E-state index is 0.139. The van der Waals surface area contributed by atoms with Gasteiger partial charge in [0.2, 0.25) is 0 Å². The van der Waals surface area contributed by atoms with Crippen LogP contribution in [0.15, 0.2) is 54.7 Å². The zero-order valence-electron chi connectivity index (χ0n) is 17.6. The first-order valence-electron chi connectivity index (χ1n) is 11.2. The maximum Gasteiger partial charge on any atom is 0.253 e. The van der Waals surface area contributed by atoms with Crippen LogP contribution in [0.2, 0.25) is 0 Å². The number of rotatable bonds is 5. The molecular formula is C25H27N5O. The summed E-state index contributed by atoms with van der Waals surface area (Å²) in [6.45, 7) is 2.49. The number of anilines is 1.